The number of methoxy groups -OCH3 is 1. The van der Waals surface area contributed by atoms with E-state index in [2.05, 4.69) is 0 Å². The Balaban J connectivity index is 3.96. The SMILES string of the molecule is COC(C(C)C)C(Cl)C#N. The van der Waals surface area contributed by atoms with Gasteiger partial charge in [-0.25, -0.2) is 0 Å². The first-order chi connectivity index (χ1) is 4.63. The summed E-state index contributed by atoms with van der Waals surface area (Å²) < 4.78 is 5.01. The van der Waals surface area contributed by atoms with Crippen LogP contribution in [0.3, 0.4) is 0 Å². The van der Waals surface area contributed by atoms with Crippen molar-refractivity contribution in [2.24, 2.45) is 5.92 Å². The molecule has 0 saturated heterocycles. The molecule has 2 unspecified atom stereocenters. The fourth-order valence-electron chi connectivity index (χ4n) is 0.803. The molecule has 0 aromatic carbocycles. The molecule has 0 aliphatic rings. The van der Waals surface area contributed by atoms with Gasteiger partial charge in [0.15, 0.2) is 0 Å². The van der Waals surface area contributed by atoms with Crippen LogP contribution in [-0.4, -0.2) is 18.6 Å². The van der Waals surface area contributed by atoms with E-state index in [9.17, 15) is 0 Å². The predicted octanol–water partition coefficient (Wildman–Crippen LogP) is 1.79. The van der Waals surface area contributed by atoms with Gasteiger partial charge >= 0.3 is 0 Å². The van der Waals surface area contributed by atoms with Crippen molar-refractivity contribution in [2.45, 2.75) is 25.3 Å². The first kappa shape index (κ1) is 9.74. The summed E-state index contributed by atoms with van der Waals surface area (Å²) >= 11 is 5.64. The lowest BCUT2D eigenvalue weighted by Gasteiger charge is -2.19. The maximum atomic E-state index is 8.42. The van der Waals surface area contributed by atoms with Crippen LogP contribution in [0, 0.1) is 17.2 Å². The summed E-state index contributed by atoms with van der Waals surface area (Å²) in [5.41, 5.74) is 0. The second kappa shape index (κ2) is 4.54. The third-order valence-corrected chi connectivity index (χ3v) is 1.69. The average Bonchev–Trinajstić information content (AvgIpc) is 1.88. The second-order valence-corrected chi connectivity index (χ2v) is 2.95. The molecule has 0 aliphatic carbocycles. The first-order valence-electron chi connectivity index (χ1n) is 3.20. The number of ether oxygens (including phenoxy) is 1. The second-order valence-electron chi connectivity index (χ2n) is 2.48. The topological polar surface area (TPSA) is 33.0 Å². The van der Waals surface area contributed by atoms with Gasteiger partial charge in [0.05, 0.1) is 12.2 Å². The van der Waals surface area contributed by atoms with Gasteiger partial charge < -0.3 is 4.74 Å². The van der Waals surface area contributed by atoms with E-state index in [0.29, 0.717) is 0 Å². The van der Waals surface area contributed by atoms with Crippen LogP contribution in [0.4, 0.5) is 0 Å². The van der Waals surface area contributed by atoms with E-state index in [-0.39, 0.29) is 12.0 Å². The highest BCUT2D eigenvalue weighted by atomic mass is 35.5. The molecular weight excluding hydrogens is 150 g/mol. The van der Waals surface area contributed by atoms with Gasteiger partial charge in [-0.05, 0) is 5.92 Å². The fraction of sp³-hybridized carbons (Fsp3) is 0.857. The van der Waals surface area contributed by atoms with Crippen molar-refractivity contribution >= 4 is 11.6 Å². The van der Waals surface area contributed by atoms with Crippen LogP contribution in [0.2, 0.25) is 0 Å². The molecule has 0 radical (unpaired) electrons. The Morgan fingerprint density at radius 2 is 2.00 bits per heavy atom. The minimum atomic E-state index is -0.537. The van der Waals surface area contributed by atoms with E-state index in [1.807, 2.05) is 19.9 Å². The van der Waals surface area contributed by atoms with E-state index in [0.717, 1.165) is 0 Å². The molecule has 0 spiro atoms. The van der Waals surface area contributed by atoms with Crippen molar-refractivity contribution in [2.75, 3.05) is 7.11 Å². The highest BCUT2D eigenvalue weighted by molar-refractivity contribution is 6.22. The van der Waals surface area contributed by atoms with Crippen molar-refractivity contribution in [3.8, 4) is 6.07 Å². The van der Waals surface area contributed by atoms with Gasteiger partial charge in [-0.15, -0.1) is 11.6 Å². The van der Waals surface area contributed by atoms with E-state index in [4.69, 9.17) is 21.6 Å². The summed E-state index contributed by atoms with van der Waals surface area (Å²) in [6.07, 6.45) is -0.160. The van der Waals surface area contributed by atoms with E-state index in [1.165, 1.54) is 0 Å². The highest BCUT2D eigenvalue weighted by Crippen LogP contribution is 2.14. The molecule has 10 heavy (non-hydrogen) atoms. The summed E-state index contributed by atoms with van der Waals surface area (Å²) in [5.74, 6) is 0.284. The molecule has 0 saturated carbocycles. The molecule has 2 nitrogen and oxygen atoms in total. The zero-order valence-corrected chi connectivity index (χ0v) is 7.22. The summed E-state index contributed by atoms with van der Waals surface area (Å²) in [5, 5.41) is 7.89. The third-order valence-electron chi connectivity index (χ3n) is 1.34. The Morgan fingerprint density at radius 1 is 1.50 bits per heavy atom. The number of rotatable bonds is 3. The van der Waals surface area contributed by atoms with E-state index in [1.54, 1.807) is 7.11 Å². The average molecular weight is 162 g/mol. The summed E-state index contributed by atoms with van der Waals surface area (Å²) in [7, 11) is 1.57. The normalized spacial score (nSPS) is 16.4. The molecule has 0 aliphatic heterocycles. The van der Waals surface area contributed by atoms with Crippen molar-refractivity contribution in [1.82, 2.24) is 0 Å². The monoisotopic (exact) mass is 161 g/mol. The first-order valence-corrected chi connectivity index (χ1v) is 3.63. The van der Waals surface area contributed by atoms with Gasteiger partial charge in [-0.3, -0.25) is 0 Å². The molecule has 2 atom stereocenters. The summed E-state index contributed by atoms with van der Waals surface area (Å²) in [6.45, 7) is 3.95. The minimum absolute atomic E-state index is 0.160. The molecule has 58 valence electrons. The van der Waals surface area contributed by atoms with Crippen molar-refractivity contribution in [3.63, 3.8) is 0 Å². The lowest BCUT2D eigenvalue weighted by atomic mass is 10.0. The van der Waals surface area contributed by atoms with Crippen LogP contribution in [0.5, 0.6) is 0 Å². The maximum Gasteiger partial charge on any atom is 0.146 e. The molecule has 0 N–H and O–H groups in total. The largest absolute Gasteiger partial charge is 0.379 e. The minimum Gasteiger partial charge on any atom is -0.379 e. The van der Waals surface area contributed by atoms with Crippen LogP contribution in [0.1, 0.15) is 13.8 Å². The molecule has 0 aromatic heterocycles. The molecule has 0 aromatic rings. The van der Waals surface area contributed by atoms with Gasteiger partial charge in [0, 0.05) is 7.11 Å². The molecule has 3 heteroatoms. The van der Waals surface area contributed by atoms with Crippen molar-refractivity contribution < 1.29 is 4.74 Å². The number of halogens is 1. The zero-order valence-electron chi connectivity index (χ0n) is 6.47. The molecule has 0 amide bonds. The lowest BCUT2D eigenvalue weighted by Crippen LogP contribution is -2.27. The molecule has 0 bridgehead atoms. The lowest BCUT2D eigenvalue weighted by molar-refractivity contribution is 0.0714. The maximum absolute atomic E-state index is 8.42. The predicted molar refractivity (Wildman–Crippen MR) is 40.9 cm³/mol. The fourth-order valence-corrected chi connectivity index (χ4v) is 1.20. The third kappa shape index (κ3) is 2.55. The van der Waals surface area contributed by atoms with Crippen LogP contribution in [-0.2, 0) is 4.74 Å². The van der Waals surface area contributed by atoms with Gasteiger partial charge in [0.25, 0.3) is 0 Å². The van der Waals surface area contributed by atoms with Crippen LogP contribution in [0.15, 0.2) is 0 Å². The molecule has 0 heterocycles. The zero-order chi connectivity index (χ0) is 8.15. The van der Waals surface area contributed by atoms with Gasteiger partial charge in [0.1, 0.15) is 5.38 Å². The Bertz CT molecular complexity index is 130. The van der Waals surface area contributed by atoms with E-state index < -0.39 is 5.38 Å². The number of hydrogen-bond acceptors (Lipinski definition) is 2. The summed E-state index contributed by atoms with van der Waals surface area (Å²) in [6, 6.07) is 1.94. The molecular formula is C7H12ClNO. The number of hydrogen-bond donors (Lipinski definition) is 0. The molecule has 0 rings (SSSR count). The van der Waals surface area contributed by atoms with Crippen molar-refractivity contribution in [1.29, 1.82) is 5.26 Å². The molecule has 0 fully saturated rings. The number of nitrogens with zero attached hydrogens (tertiary/aromatic N) is 1. The Labute approximate surface area is 66.7 Å². The Hall–Kier alpha value is -0.260. The van der Waals surface area contributed by atoms with Gasteiger partial charge in [0.2, 0.25) is 0 Å². The Kier molecular flexibility index (Phi) is 4.42. The Morgan fingerprint density at radius 3 is 2.10 bits per heavy atom. The van der Waals surface area contributed by atoms with Gasteiger partial charge in [-0.1, -0.05) is 13.8 Å². The van der Waals surface area contributed by atoms with Crippen LogP contribution >= 0.6 is 11.6 Å². The van der Waals surface area contributed by atoms with Crippen molar-refractivity contribution in [3.05, 3.63) is 0 Å². The highest BCUT2D eigenvalue weighted by Gasteiger charge is 2.21. The number of nitriles is 1. The smallest absolute Gasteiger partial charge is 0.146 e. The van der Waals surface area contributed by atoms with Crippen LogP contribution in [0.25, 0.3) is 0 Å². The van der Waals surface area contributed by atoms with Gasteiger partial charge in [-0.2, -0.15) is 5.26 Å². The van der Waals surface area contributed by atoms with Crippen LogP contribution < -0.4 is 0 Å². The quantitative estimate of drug-likeness (QED) is 0.592. The number of alkyl halides is 1. The summed E-state index contributed by atoms with van der Waals surface area (Å²) in [4.78, 5) is 0. The standard InChI is InChI=1S/C7H12ClNO/c1-5(2)7(10-3)6(8)4-9/h5-7H,1-3H3. The van der Waals surface area contributed by atoms with E-state index >= 15 is 0 Å².